The van der Waals surface area contributed by atoms with Crippen molar-refractivity contribution < 1.29 is 14.3 Å². The Bertz CT molecular complexity index is 762. The molecule has 2 amide bonds. The van der Waals surface area contributed by atoms with Crippen molar-refractivity contribution in [2.24, 2.45) is 0 Å². The van der Waals surface area contributed by atoms with E-state index in [1.165, 1.54) is 0 Å². The molecule has 0 saturated carbocycles. The quantitative estimate of drug-likeness (QED) is 0.896. The average Bonchev–Trinajstić information content (AvgIpc) is 2.66. The van der Waals surface area contributed by atoms with Crippen LogP contribution < -0.4 is 14.8 Å². The summed E-state index contributed by atoms with van der Waals surface area (Å²) in [7, 11) is 1.80. The number of benzene rings is 1. The summed E-state index contributed by atoms with van der Waals surface area (Å²) in [4.78, 5) is 18.3. The molecule has 138 valence electrons. The van der Waals surface area contributed by atoms with Crippen LogP contribution in [0.15, 0.2) is 42.7 Å². The molecule has 2 heterocycles. The smallest absolute Gasteiger partial charge is 0.317 e. The van der Waals surface area contributed by atoms with Crippen molar-refractivity contribution in [3.63, 3.8) is 0 Å². The third kappa shape index (κ3) is 4.25. The van der Waals surface area contributed by atoms with Crippen LogP contribution in [0.2, 0.25) is 0 Å². The van der Waals surface area contributed by atoms with Crippen LogP contribution in [0.1, 0.15) is 25.0 Å². The number of hydrogen-bond acceptors (Lipinski definition) is 4. The number of carbonyl (C=O) groups excluding carboxylic acids is 1. The molecule has 6 heteroatoms. The van der Waals surface area contributed by atoms with Crippen molar-refractivity contribution in [3.05, 3.63) is 53.9 Å². The number of urea groups is 1. The zero-order valence-corrected chi connectivity index (χ0v) is 15.5. The summed E-state index contributed by atoms with van der Waals surface area (Å²) in [5, 5.41) is 3.09. The minimum atomic E-state index is -0.530. The van der Waals surface area contributed by atoms with Gasteiger partial charge in [0.05, 0.1) is 5.54 Å². The van der Waals surface area contributed by atoms with Crippen molar-refractivity contribution in [2.45, 2.75) is 25.8 Å². The molecule has 1 N–H and O–H groups in total. The van der Waals surface area contributed by atoms with E-state index in [1.54, 1.807) is 24.3 Å². The average molecular weight is 355 g/mol. The number of fused-ring (bicyclic) bond motifs is 1. The Morgan fingerprint density at radius 1 is 1.15 bits per heavy atom. The lowest BCUT2D eigenvalue weighted by Gasteiger charge is -2.31. The van der Waals surface area contributed by atoms with E-state index < -0.39 is 5.54 Å². The van der Waals surface area contributed by atoms with Crippen molar-refractivity contribution in [1.29, 1.82) is 0 Å². The molecule has 3 rings (SSSR count). The van der Waals surface area contributed by atoms with Crippen molar-refractivity contribution in [2.75, 3.05) is 26.8 Å². The van der Waals surface area contributed by atoms with Crippen LogP contribution in [0.25, 0.3) is 0 Å². The highest BCUT2D eigenvalue weighted by molar-refractivity contribution is 5.75. The molecule has 0 radical (unpaired) electrons. The molecule has 1 aliphatic rings. The van der Waals surface area contributed by atoms with Gasteiger partial charge in [0.2, 0.25) is 0 Å². The molecule has 2 aromatic rings. The first-order chi connectivity index (χ1) is 12.5. The monoisotopic (exact) mass is 355 g/mol. The summed E-state index contributed by atoms with van der Waals surface area (Å²) in [6.07, 6.45) is 4.32. The van der Waals surface area contributed by atoms with Gasteiger partial charge in [-0.05, 0) is 55.7 Å². The van der Waals surface area contributed by atoms with Gasteiger partial charge in [-0.25, -0.2) is 4.79 Å². The number of likely N-dealkylation sites (N-methyl/N-ethyl adjacent to an activating group) is 1. The SMILES string of the molecule is CN(CCc1ccncc1)C(=O)NC(C)(C)c1ccc2c(c1)OCCO2. The molecule has 0 unspecified atom stereocenters. The fraction of sp³-hybridized carbons (Fsp3) is 0.400. The number of ether oxygens (including phenoxy) is 2. The zero-order valence-electron chi connectivity index (χ0n) is 15.5. The predicted molar refractivity (Wildman–Crippen MR) is 99.6 cm³/mol. The van der Waals surface area contributed by atoms with E-state index in [2.05, 4.69) is 10.3 Å². The first kappa shape index (κ1) is 18.0. The molecule has 26 heavy (non-hydrogen) atoms. The third-order valence-corrected chi connectivity index (χ3v) is 4.52. The van der Waals surface area contributed by atoms with Gasteiger partial charge < -0.3 is 19.7 Å². The highest BCUT2D eigenvalue weighted by Crippen LogP contribution is 2.34. The van der Waals surface area contributed by atoms with Gasteiger partial charge in [0, 0.05) is 26.0 Å². The summed E-state index contributed by atoms with van der Waals surface area (Å²) in [6, 6.07) is 9.61. The molecule has 0 bridgehead atoms. The van der Waals surface area contributed by atoms with Gasteiger partial charge in [0.15, 0.2) is 11.5 Å². The molecule has 1 aromatic heterocycles. The Labute approximate surface area is 154 Å². The topological polar surface area (TPSA) is 63.7 Å². The summed E-state index contributed by atoms with van der Waals surface area (Å²) < 4.78 is 11.2. The van der Waals surface area contributed by atoms with Gasteiger partial charge in [-0.1, -0.05) is 6.07 Å². The Hall–Kier alpha value is -2.76. The molecule has 0 aliphatic carbocycles. The maximum absolute atomic E-state index is 12.6. The van der Waals surface area contributed by atoms with Gasteiger partial charge in [0.1, 0.15) is 13.2 Å². The van der Waals surface area contributed by atoms with Crippen LogP contribution in [-0.4, -0.2) is 42.7 Å². The Morgan fingerprint density at radius 2 is 1.85 bits per heavy atom. The van der Waals surface area contributed by atoms with E-state index in [4.69, 9.17) is 9.47 Å². The van der Waals surface area contributed by atoms with Gasteiger partial charge in [-0.2, -0.15) is 0 Å². The van der Waals surface area contributed by atoms with Crippen LogP contribution in [0.4, 0.5) is 4.79 Å². The first-order valence-corrected chi connectivity index (χ1v) is 8.78. The first-order valence-electron chi connectivity index (χ1n) is 8.78. The van der Waals surface area contributed by atoms with Gasteiger partial charge in [0.25, 0.3) is 0 Å². The molecule has 0 saturated heterocycles. The normalized spacial score (nSPS) is 13.2. The molecule has 0 spiro atoms. The highest BCUT2D eigenvalue weighted by atomic mass is 16.6. The minimum absolute atomic E-state index is 0.112. The largest absolute Gasteiger partial charge is 0.486 e. The van der Waals surface area contributed by atoms with Crippen LogP contribution >= 0.6 is 0 Å². The van der Waals surface area contributed by atoms with Crippen molar-refractivity contribution in [1.82, 2.24) is 15.2 Å². The molecule has 6 nitrogen and oxygen atoms in total. The predicted octanol–water partition coefficient (Wildman–Crippen LogP) is 2.97. The number of carbonyl (C=O) groups is 1. The number of aromatic nitrogens is 1. The van der Waals surface area contributed by atoms with E-state index in [0.29, 0.717) is 19.8 Å². The van der Waals surface area contributed by atoms with Crippen LogP contribution in [0, 0.1) is 0 Å². The Balaban J connectivity index is 1.61. The second-order valence-electron chi connectivity index (χ2n) is 6.94. The van der Waals surface area contributed by atoms with E-state index in [9.17, 15) is 4.79 Å². The summed E-state index contributed by atoms with van der Waals surface area (Å²) in [5.41, 5.74) is 1.60. The highest BCUT2D eigenvalue weighted by Gasteiger charge is 2.26. The fourth-order valence-electron chi connectivity index (χ4n) is 2.81. The van der Waals surface area contributed by atoms with Crippen LogP contribution in [0.3, 0.4) is 0 Å². The lowest BCUT2D eigenvalue weighted by Crippen LogP contribution is -2.47. The van der Waals surface area contributed by atoms with E-state index >= 15 is 0 Å². The number of nitrogens with zero attached hydrogens (tertiary/aromatic N) is 2. The second kappa shape index (κ2) is 7.64. The summed E-state index contributed by atoms with van der Waals surface area (Å²) in [6.45, 7) is 5.70. The lowest BCUT2D eigenvalue weighted by molar-refractivity contribution is 0.170. The van der Waals surface area contributed by atoms with Gasteiger partial charge in [-0.3, -0.25) is 4.98 Å². The van der Waals surface area contributed by atoms with Gasteiger partial charge in [-0.15, -0.1) is 0 Å². The molecule has 1 aliphatic heterocycles. The summed E-state index contributed by atoms with van der Waals surface area (Å²) >= 11 is 0. The minimum Gasteiger partial charge on any atom is -0.486 e. The Morgan fingerprint density at radius 3 is 2.58 bits per heavy atom. The lowest BCUT2D eigenvalue weighted by atomic mass is 9.94. The molecule has 0 atom stereocenters. The third-order valence-electron chi connectivity index (χ3n) is 4.52. The number of hydrogen-bond donors (Lipinski definition) is 1. The zero-order chi connectivity index (χ0) is 18.6. The fourth-order valence-corrected chi connectivity index (χ4v) is 2.81. The molecular weight excluding hydrogens is 330 g/mol. The Kier molecular flexibility index (Phi) is 5.30. The van der Waals surface area contributed by atoms with E-state index in [-0.39, 0.29) is 6.03 Å². The van der Waals surface area contributed by atoms with E-state index in [1.807, 2.05) is 44.2 Å². The standard InChI is InChI=1S/C20H25N3O3/c1-20(2,16-4-5-17-18(14-16)26-13-12-25-17)22-19(24)23(3)11-8-15-6-9-21-10-7-15/h4-7,9-10,14H,8,11-13H2,1-3H3,(H,22,24). The van der Waals surface area contributed by atoms with E-state index in [0.717, 1.165) is 29.0 Å². The second-order valence-corrected chi connectivity index (χ2v) is 6.94. The number of pyridine rings is 1. The molecule has 0 fully saturated rings. The van der Waals surface area contributed by atoms with Gasteiger partial charge >= 0.3 is 6.03 Å². The van der Waals surface area contributed by atoms with Crippen LogP contribution in [0.5, 0.6) is 11.5 Å². The summed E-state index contributed by atoms with van der Waals surface area (Å²) in [5.74, 6) is 1.47. The van der Waals surface area contributed by atoms with Crippen LogP contribution in [-0.2, 0) is 12.0 Å². The number of nitrogens with one attached hydrogen (secondary N) is 1. The maximum Gasteiger partial charge on any atom is 0.317 e. The maximum atomic E-state index is 12.6. The number of amides is 2. The molecule has 1 aromatic carbocycles. The van der Waals surface area contributed by atoms with Crippen molar-refractivity contribution >= 4 is 6.03 Å². The molecular formula is C20H25N3O3. The van der Waals surface area contributed by atoms with Crippen molar-refractivity contribution in [3.8, 4) is 11.5 Å². The number of rotatable bonds is 5.